The Balaban J connectivity index is 1.87. The quantitative estimate of drug-likeness (QED) is 0.811. The molecule has 0 spiro atoms. The maximum Gasteiger partial charge on any atom is 0.244 e. The minimum atomic E-state index is 0.0237. The van der Waals surface area contributed by atoms with Gasteiger partial charge in [0.1, 0.15) is 0 Å². The van der Waals surface area contributed by atoms with Crippen LogP contribution in [0.4, 0.5) is 0 Å². The van der Waals surface area contributed by atoms with Crippen LogP contribution in [-0.4, -0.2) is 11.9 Å². The number of carbonyl (C=O) groups is 1. The lowest BCUT2D eigenvalue weighted by atomic mass is 10.1. The summed E-state index contributed by atoms with van der Waals surface area (Å²) in [4.78, 5) is 11.8. The molecule has 18 heavy (non-hydrogen) atoms. The molecule has 1 aliphatic rings. The molecule has 0 aliphatic heterocycles. The van der Waals surface area contributed by atoms with Gasteiger partial charge in [0.2, 0.25) is 5.91 Å². The van der Waals surface area contributed by atoms with Crippen molar-refractivity contribution < 1.29 is 4.79 Å². The highest BCUT2D eigenvalue weighted by molar-refractivity contribution is 5.91. The molecular weight excluding hydrogens is 222 g/mol. The Labute approximate surface area is 109 Å². The van der Waals surface area contributed by atoms with Crippen LogP contribution in [0, 0.1) is 12.8 Å². The van der Waals surface area contributed by atoms with Crippen molar-refractivity contribution in [3.8, 4) is 0 Å². The summed E-state index contributed by atoms with van der Waals surface area (Å²) in [7, 11) is 0. The first-order chi connectivity index (χ1) is 8.63. The Morgan fingerprint density at radius 1 is 1.39 bits per heavy atom. The van der Waals surface area contributed by atoms with Gasteiger partial charge >= 0.3 is 0 Å². The molecule has 2 unspecified atom stereocenters. The molecule has 1 aromatic rings. The van der Waals surface area contributed by atoms with Crippen molar-refractivity contribution >= 4 is 12.0 Å². The van der Waals surface area contributed by atoms with E-state index in [0.717, 1.165) is 24.3 Å². The van der Waals surface area contributed by atoms with E-state index in [2.05, 4.69) is 31.3 Å². The molecule has 1 saturated carbocycles. The molecule has 2 heteroatoms. The lowest BCUT2D eigenvalue weighted by Gasteiger charge is -2.10. The second kappa shape index (κ2) is 5.85. The Morgan fingerprint density at radius 3 is 2.89 bits per heavy atom. The van der Waals surface area contributed by atoms with Gasteiger partial charge in [0.25, 0.3) is 0 Å². The van der Waals surface area contributed by atoms with Gasteiger partial charge in [-0.25, -0.2) is 0 Å². The third kappa shape index (κ3) is 3.73. The van der Waals surface area contributed by atoms with Crippen molar-refractivity contribution in [2.45, 2.75) is 39.2 Å². The highest BCUT2D eigenvalue weighted by Gasteiger charge is 2.21. The minimum Gasteiger partial charge on any atom is -0.350 e. The minimum absolute atomic E-state index is 0.0237. The molecule has 1 aliphatic carbocycles. The zero-order valence-electron chi connectivity index (χ0n) is 11.1. The van der Waals surface area contributed by atoms with Gasteiger partial charge in [0.05, 0.1) is 0 Å². The lowest BCUT2D eigenvalue weighted by molar-refractivity contribution is -0.117. The maximum absolute atomic E-state index is 11.8. The number of carbonyl (C=O) groups excluding carboxylic acids is 1. The lowest BCUT2D eigenvalue weighted by Crippen LogP contribution is -2.31. The fourth-order valence-corrected chi connectivity index (χ4v) is 2.53. The zero-order chi connectivity index (χ0) is 13.0. The normalized spacial score (nSPS) is 23.4. The van der Waals surface area contributed by atoms with Crippen LogP contribution >= 0.6 is 0 Å². The molecule has 0 saturated heterocycles. The van der Waals surface area contributed by atoms with E-state index in [0.29, 0.717) is 6.04 Å². The molecule has 96 valence electrons. The molecule has 1 fully saturated rings. The summed E-state index contributed by atoms with van der Waals surface area (Å²) in [6.45, 7) is 4.30. The number of nitrogens with one attached hydrogen (secondary N) is 1. The first-order valence-electron chi connectivity index (χ1n) is 6.69. The van der Waals surface area contributed by atoms with Gasteiger partial charge in [-0.1, -0.05) is 36.8 Å². The van der Waals surface area contributed by atoms with Gasteiger partial charge in [0.15, 0.2) is 0 Å². The molecule has 2 rings (SSSR count). The molecule has 1 aromatic carbocycles. The summed E-state index contributed by atoms with van der Waals surface area (Å²) < 4.78 is 0. The topological polar surface area (TPSA) is 29.1 Å². The predicted molar refractivity (Wildman–Crippen MR) is 75.2 cm³/mol. The van der Waals surface area contributed by atoms with Crippen LogP contribution in [0.3, 0.4) is 0 Å². The van der Waals surface area contributed by atoms with Gasteiger partial charge in [-0.2, -0.15) is 0 Å². The monoisotopic (exact) mass is 243 g/mol. The van der Waals surface area contributed by atoms with E-state index in [1.54, 1.807) is 6.08 Å². The van der Waals surface area contributed by atoms with Crippen LogP contribution in [-0.2, 0) is 4.79 Å². The molecule has 0 radical (unpaired) electrons. The van der Waals surface area contributed by atoms with Crippen LogP contribution < -0.4 is 5.32 Å². The first kappa shape index (κ1) is 12.9. The number of aryl methyl sites for hydroxylation is 1. The van der Waals surface area contributed by atoms with Crippen molar-refractivity contribution in [3.63, 3.8) is 0 Å². The highest BCUT2D eigenvalue weighted by atomic mass is 16.1. The fraction of sp³-hybridized carbons (Fsp3) is 0.438. The van der Waals surface area contributed by atoms with Gasteiger partial charge in [0, 0.05) is 12.1 Å². The number of rotatable bonds is 3. The summed E-state index contributed by atoms with van der Waals surface area (Å²) in [6, 6.07) is 8.51. The Kier molecular flexibility index (Phi) is 4.19. The van der Waals surface area contributed by atoms with E-state index in [1.807, 2.05) is 18.2 Å². The van der Waals surface area contributed by atoms with E-state index in [1.165, 1.54) is 12.0 Å². The van der Waals surface area contributed by atoms with E-state index in [-0.39, 0.29) is 5.91 Å². The van der Waals surface area contributed by atoms with Crippen LogP contribution in [0.2, 0.25) is 0 Å². The zero-order valence-corrected chi connectivity index (χ0v) is 11.1. The number of amides is 1. The van der Waals surface area contributed by atoms with Crippen LogP contribution in [0.1, 0.15) is 37.3 Å². The van der Waals surface area contributed by atoms with Gasteiger partial charge in [-0.3, -0.25) is 4.79 Å². The average Bonchev–Trinajstić information content (AvgIpc) is 2.72. The largest absolute Gasteiger partial charge is 0.350 e. The third-order valence-corrected chi connectivity index (χ3v) is 3.51. The molecule has 0 aromatic heterocycles. The van der Waals surface area contributed by atoms with Crippen LogP contribution in [0.15, 0.2) is 30.3 Å². The Bertz CT molecular complexity index is 450. The van der Waals surface area contributed by atoms with Gasteiger partial charge in [-0.05, 0) is 43.7 Å². The molecule has 1 N–H and O–H groups in total. The molecule has 0 bridgehead atoms. The molecule has 0 heterocycles. The smallest absolute Gasteiger partial charge is 0.244 e. The second-order valence-electron chi connectivity index (χ2n) is 5.37. The van der Waals surface area contributed by atoms with Crippen molar-refractivity contribution in [2.75, 3.05) is 0 Å². The van der Waals surface area contributed by atoms with Crippen LogP contribution in [0.25, 0.3) is 6.08 Å². The van der Waals surface area contributed by atoms with Gasteiger partial charge < -0.3 is 5.32 Å². The fourth-order valence-electron chi connectivity index (χ4n) is 2.53. The SMILES string of the molecule is Cc1cccc(/C=C/C(=O)NC2CCC(C)C2)c1. The van der Waals surface area contributed by atoms with Crippen LogP contribution in [0.5, 0.6) is 0 Å². The Hall–Kier alpha value is -1.57. The van der Waals surface area contributed by atoms with Crippen molar-refractivity contribution in [2.24, 2.45) is 5.92 Å². The average molecular weight is 243 g/mol. The summed E-state index contributed by atoms with van der Waals surface area (Å²) >= 11 is 0. The van der Waals surface area contributed by atoms with Gasteiger partial charge in [-0.15, -0.1) is 0 Å². The number of hydrogen-bond donors (Lipinski definition) is 1. The molecule has 1 amide bonds. The standard InChI is InChI=1S/C16H21NO/c1-12-4-3-5-14(10-12)7-9-16(18)17-15-8-6-13(2)11-15/h3-5,7,9-10,13,15H,6,8,11H2,1-2H3,(H,17,18)/b9-7+. The first-order valence-corrected chi connectivity index (χ1v) is 6.69. The highest BCUT2D eigenvalue weighted by Crippen LogP contribution is 2.24. The maximum atomic E-state index is 11.8. The van der Waals surface area contributed by atoms with E-state index >= 15 is 0 Å². The molecular formula is C16H21NO. The van der Waals surface area contributed by atoms with Crippen molar-refractivity contribution in [3.05, 3.63) is 41.5 Å². The summed E-state index contributed by atoms with van der Waals surface area (Å²) in [6.07, 6.45) is 6.97. The van der Waals surface area contributed by atoms with Crippen molar-refractivity contribution in [1.82, 2.24) is 5.32 Å². The summed E-state index contributed by atoms with van der Waals surface area (Å²) in [5.74, 6) is 0.770. The van der Waals surface area contributed by atoms with E-state index in [9.17, 15) is 4.79 Å². The number of benzene rings is 1. The van der Waals surface area contributed by atoms with Crippen molar-refractivity contribution in [1.29, 1.82) is 0 Å². The third-order valence-electron chi connectivity index (χ3n) is 3.51. The van der Waals surface area contributed by atoms with E-state index < -0.39 is 0 Å². The summed E-state index contributed by atoms with van der Waals surface area (Å²) in [5.41, 5.74) is 2.28. The molecule has 2 nitrogen and oxygen atoms in total. The summed E-state index contributed by atoms with van der Waals surface area (Å²) in [5, 5.41) is 3.07. The second-order valence-corrected chi connectivity index (χ2v) is 5.37. The molecule has 2 atom stereocenters. The van der Waals surface area contributed by atoms with E-state index in [4.69, 9.17) is 0 Å². The number of hydrogen-bond acceptors (Lipinski definition) is 1. The predicted octanol–water partition coefficient (Wildman–Crippen LogP) is 3.31. The Morgan fingerprint density at radius 2 is 2.22 bits per heavy atom.